The molecule has 6 nitrogen and oxygen atoms in total. The van der Waals surface area contributed by atoms with Crippen LogP contribution in [0.3, 0.4) is 0 Å². The molecule has 1 aromatic heterocycles. The Labute approximate surface area is 99.6 Å². The Morgan fingerprint density at radius 2 is 2.12 bits per heavy atom. The molecular weight excluding hydrogens is 244 g/mol. The van der Waals surface area contributed by atoms with Crippen LogP contribution in [0.5, 0.6) is 0 Å². The molecule has 0 bridgehead atoms. The Balaban J connectivity index is 2.58. The predicted molar refractivity (Wildman–Crippen MR) is 60.3 cm³/mol. The van der Waals surface area contributed by atoms with E-state index in [1.807, 2.05) is 0 Å². The molecule has 7 heteroatoms. The zero-order valence-electron chi connectivity index (χ0n) is 9.46. The molecule has 0 radical (unpaired) electrons. The zero-order chi connectivity index (χ0) is 12.9. The molecule has 0 spiro atoms. The standard InChI is InChI=1S/C10H14N2O4S/c1-17(15,16)10-11-7-6-8(12-10)4-2-3-5-9(13)14/h6-7H,2-5H2,1H3,(H,13,14). The molecule has 0 amide bonds. The van der Waals surface area contributed by atoms with Gasteiger partial charge in [-0.1, -0.05) is 0 Å². The number of sulfone groups is 1. The predicted octanol–water partition coefficient (Wildman–Crippen LogP) is 0.678. The van der Waals surface area contributed by atoms with Crippen LogP contribution in [0.2, 0.25) is 0 Å². The fourth-order valence-corrected chi connectivity index (χ4v) is 1.81. The van der Waals surface area contributed by atoms with Crippen molar-refractivity contribution in [2.75, 3.05) is 6.26 Å². The lowest BCUT2D eigenvalue weighted by Crippen LogP contribution is -2.06. The van der Waals surface area contributed by atoms with Crippen molar-refractivity contribution in [2.24, 2.45) is 0 Å². The summed E-state index contributed by atoms with van der Waals surface area (Å²) in [4.78, 5) is 17.9. The normalized spacial score (nSPS) is 11.4. The van der Waals surface area contributed by atoms with Crippen LogP contribution in [0.1, 0.15) is 25.0 Å². The highest BCUT2D eigenvalue weighted by Crippen LogP contribution is 2.06. The van der Waals surface area contributed by atoms with Crippen LogP contribution in [-0.4, -0.2) is 35.7 Å². The van der Waals surface area contributed by atoms with Crippen LogP contribution in [0.25, 0.3) is 0 Å². The maximum atomic E-state index is 11.2. The number of rotatable bonds is 6. The Hall–Kier alpha value is -1.50. The second-order valence-corrected chi connectivity index (χ2v) is 5.61. The number of carboxylic acids is 1. The monoisotopic (exact) mass is 258 g/mol. The SMILES string of the molecule is CS(=O)(=O)c1nccc(CCCCC(=O)O)n1. The molecule has 0 saturated heterocycles. The average Bonchev–Trinajstić information content (AvgIpc) is 2.23. The lowest BCUT2D eigenvalue weighted by Gasteiger charge is -2.01. The molecule has 1 heterocycles. The van der Waals surface area contributed by atoms with Crippen LogP contribution < -0.4 is 0 Å². The molecule has 0 fully saturated rings. The van der Waals surface area contributed by atoms with Crippen molar-refractivity contribution in [1.29, 1.82) is 0 Å². The molecule has 0 aliphatic rings. The number of carboxylic acid groups (broad SMARTS) is 1. The van der Waals surface area contributed by atoms with Crippen molar-refractivity contribution in [3.8, 4) is 0 Å². The summed E-state index contributed by atoms with van der Waals surface area (Å²) in [5.41, 5.74) is 0.616. The number of aryl methyl sites for hydroxylation is 1. The van der Waals surface area contributed by atoms with Crippen LogP contribution in [0.4, 0.5) is 0 Å². The maximum absolute atomic E-state index is 11.2. The third kappa shape index (κ3) is 4.90. The highest BCUT2D eigenvalue weighted by atomic mass is 32.2. The lowest BCUT2D eigenvalue weighted by molar-refractivity contribution is -0.137. The van der Waals surface area contributed by atoms with Gasteiger partial charge in [0, 0.05) is 24.6 Å². The summed E-state index contributed by atoms with van der Waals surface area (Å²) in [5.74, 6) is -0.829. The minimum absolute atomic E-state index is 0.115. The fourth-order valence-electron chi connectivity index (χ4n) is 1.28. The van der Waals surface area contributed by atoms with Crippen molar-refractivity contribution in [3.05, 3.63) is 18.0 Å². The van der Waals surface area contributed by atoms with Crippen molar-refractivity contribution in [2.45, 2.75) is 30.8 Å². The summed E-state index contributed by atoms with van der Waals surface area (Å²) in [5, 5.41) is 8.27. The first-order chi connectivity index (χ1) is 7.89. The molecule has 0 unspecified atom stereocenters. The minimum Gasteiger partial charge on any atom is -0.481 e. The van der Waals surface area contributed by atoms with E-state index in [-0.39, 0.29) is 11.6 Å². The average molecular weight is 258 g/mol. The number of aromatic nitrogens is 2. The van der Waals surface area contributed by atoms with Gasteiger partial charge in [0.1, 0.15) is 0 Å². The van der Waals surface area contributed by atoms with Gasteiger partial charge in [-0.25, -0.2) is 18.4 Å². The molecule has 0 aliphatic heterocycles. The Morgan fingerprint density at radius 1 is 1.41 bits per heavy atom. The van der Waals surface area contributed by atoms with Crippen LogP contribution >= 0.6 is 0 Å². The smallest absolute Gasteiger partial charge is 0.303 e. The number of aliphatic carboxylic acids is 1. The minimum atomic E-state index is -3.39. The van der Waals surface area contributed by atoms with Crippen LogP contribution in [-0.2, 0) is 21.1 Å². The highest BCUT2D eigenvalue weighted by molar-refractivity contribution is 7.90. The molecule has 0 aliphatic carbocycles. The van der Waals surface area contributed by atoms with E-state index in [4.69, 9.17) is 5.11 Å². The Bertz CT molecular complexity index is 499. The van der Waals surface area contributed by atoms with E-state index < -0.39 is 15.8 Å². The quantitative estimate of drug-likeness (QED) is 0.595. The van der Waals surface area contributed by atoms with Crippen molar-refractivity contribution in [3.63, 3.8) is 0 Å². The topological polar surface area (TPSA) is 97.2 Å². The summed E-state index contributed by atoms with van der Waals surface area (Å²) in [6.45, 7) is 0. The van der Waals surface area contributed by atoms with Gasteiger partial charge in [-0.3, -0.25) is 4.79 Å². The van der Waals surface area contributed by atoms with Gasteiger partial charge in [-0.05, 0) is 25.3 Å². The first-order valence-corrected chi connectivity index (χ1v) is 7.02. The number of hydrogen-bond acceptors (Lipinski definition) is 5. The molecule has 17 heavy (non-hydrogen) atoms. The third-order valence-electron chi connectivity index (χ3n) is 2.10. The molecule has 1 aromatic rings. The van der Waals surface area contributed by atoms with E-state index in [1.54, 1.807) is 6.07 Å². The molecule has 1 rings (SSSR count). The number of unbranched alkanes of at least 4 members (excludes halogenated alkanes) is 1. The molecule has 0 saturated carbocycles. The Morgan fingerprint density at radius 3 is 2.71 bits per heavy atom. The number of carbonyl (C=O) groups is 1. The van der Waals surface area contributed by atoms with Gasteiger partial charge >= 0.3 is 5.97 Å². The van der Waals surface area contributed by atoms with Gasteiger partial charge in [-0.15, -0.1) is 0 Å². The maximum Gasteiger partial charge on any atom is 0.303 e. The van der Waals surface area contributed by atoms with E-state index >= 15 is 0 Å². The van der Waals surface area contributed by atoms with Gasteiger partial charge in [-0.2, -0.15) is 0 Å². The van der Waals surface area contributed by atoms with Crippen molar-refractivity contribution in [1.82, 2.24) is 9.97 Å². The first-order valence-electron chi connectivity index (χ1n) is 5.13. The van der Waals surface area contributed by atoms with Crippen molar-refractivity contribution < 1.29 is 18.3 Å². The van der Waals surface area contributed by atoms with Crippen LogP contribution in [0.15, 0.2) is 17.4 Å². The summed E-state index contributed by atoms with van der Waals surface area (Å²) < 4.78 is 22.4. The summed E-state index contributed by atoms with van der Waals surface area (Å²) in [7, 11) is -3.39. The fraction of sp³-hybridized carbons (Fsp3) is 0.500. The van der Waals surface area contributed by atoms with Crippen molar-refractivity contribution >= 4 is 15.8 Å². The summed E-state index contributed by atoms with van der Waals surface area (Å²) in [6, 6.07) is 1.63. The van der Waals surface area contributed by atoms with Crippen LogP contribution in [0, 0.1) is 0 Å². The highest BCUT2D eigenvalue weighted by Gasteiger charge is 2.10. The molecule has 94 valence electrons. The molecular formula is C10H14N2O4S. The van der Waals surface area contributed by atoms with E-state index in [9.17, 15) is 13.2 Å². The van der Waals surface area contributed by atoms with Gasteiger partial charge in [0.25, 0.3) is 0 Å². The van der Waals surface area contributed by atoms with E-state index in [0.29, 0.717) is 25.0 Å². The third-order valence-corrected chi connectivity index (χ3v) is 2.96. The van der Waals surface area contributed by atoms with E-state index in [2.05, 4.69) is 9.97 Å². The molecule has 0 atom stereocenters. The summed E-state index contributed by atoms with van der Waals surface area (Å²) in [6.07, 6.45) is 4.33. The van der Waals surface area contributed by atoms with Gasteiger partial charge in [0.2, 0.25) is 15.0 Å². The lowest BCUT2D eigenvalue weighted by atomic mass is 10.1. The second-order valence-electron chi connectivity index (χ2n) is 3.70. The number of nitrogens with zero attached hydrogens (tertiary/aromatic N) is 2. The van der Waals surface area contributed by atoms with Gasteiger partial charge in [0.05, 0.1) is 0 Å². The van der Waals surface area contributed by atoms with E-state index in [0.717, 1.165) is 6.26 Å². The first kappa shape index (κ1) is 13.6. The molecule has 1 N–H and O–H groups in total. The van der Waals surface area contributed by atoms with E-state index in [1.165, 1.54) is 6.20 Å². The van der Waals surface area contributed by atoms with Gasteiger partial charge < -0.3 is 5.11 Å². The van der Waals surface area contributed by atoms with Gasteiger partial charge in [0.15, 0.2) is 0 Å². The number of hydrogen-bond donors (Lipinski definition) is 1. The zero-order valence-corrected chi connectivity index (χ0v) is 10.3. The second kappa shape index (κ2) is 5.72. The molecule has 0 aromatic carbocycles. The Kier molecular flexibility index (Phi) is 4.56. The summed E-state index contributed by atoms with van der Waals surface area (Å²) >= 11 is 0. The largest absolute Gasteiger partial charge is 0.481 e.